The maximum Gasteiger partial charge on any atom is 0.244 e. The zero-order chi connectivity index (χ0) is 19.6. The summed E-state index contributed by atoms with van der Waals surface area (Å²) in [4.78, 5) is 13.1. The first kappa shape index (κ1) is 20.0. The van der Waals surface area contributed by atoms with Crippen molar-refractivity contribution in [2.45, 2.75) is 51.0 Å². The maximum absolute atomic E-state index is 13.3. The minimum absolute atomic E-state index is 0.196. The summed E-state index contributed by atoms with van der Waals surface area (Å²) in [5.74, 6) is -0.196. The molecule has 0 bridgehead atoms. The third-order valence-corrected chi connectivity index (χ3v) is 7.54. The average molecular weight is 392 g/mol. The van der Waals surface area contributed by atoms with E-state index in [4.69, 9.17) is 0 Å². The van der Waals surface area contributed by atoms with Crippen molar-refractivity contribution in [2.75, 3.05) is 26.2 Å². The summed E-state index contributed by atoms with van der Waals surface area (Å²) in [6.45, 7) is 8.22. The Kier molecular flexibility index (Phi) is 6.03. The smallest absolute Gasteiger partial charge is 0.244 e. The van der Waals surface area contributed by atoms with Gasteiger partial charge in [0.25, 0.3) is 0 Å². The van der Waals surface area contributed by atoms with Crippen LogP contribution in [0.15, 0.2) is 28.7 Å². The van der Waals surface area contributed by atoms with E-state index in [9.17, 15) is 13.2 Å². The Morgan fingerprint density at radius 1 is 1.26 bits per heavy atom. The highest BCUT2D eigenvalue weighted by molar-refractivity contribution is 7.89. The molecule has 0 saturated carbocycles. The Balaban J connectivity index is 1.79. The number of amides is 1. The molecule has 1 fully saturated rings. The molecule has 148 valence electrons. The van der Waals surface area contributed by atoms with Gasteiger partial charge in [0.15, 0.2) is 0 Å². The highest BCUT2D eigenvalue weighted by atomic mass is 32.2. The topological polar surface area (TPSA) is 78.5 Å². The molecule has 7 heteroatoms. The maximum atomic E-state index is 13.3. The molecule has 2 aliphatic rings. The van der Waals surface area contributed by atoms with Crippen molar-refractivity contribution >= 4 is 15.9 Å². The summed E-state index contributed by atoms with van der Waals surface area (Å²) in [7, 11) is -3.71. The molecule has 0 radical (unpaired) electrons. The Labute approximate surface area is 162 Å². The fourth-order valence-electron chi connectivity index (χ4n) is 4.13. The van der Waals surface area contributed by atoms with E-state index < -0.39 is 16.1 Å². The third kappa shape index (κ3) is 4.25. The lowest BCUT2D eigenvalue weighted by molar-refractivity contribution is -0.124. The van der Waals surface area contributed by atoms with Crippen molar-refractivity contribution in [2.24, 2.45) is 0 Å². The molecule has 3 rings (SSSR count). The van der Waals surface area contributed by atoms with Crippen LogP contribution in [0.25, 0.3) is 0 Å². The molecule has 0 aromatic heterocycles. The number of hydrogen-bond donors (Lipinski definition) is 2. The van der Waals surface area contributed by atoms with E-state index in [1.807, 2.05) is 32.9 Å². The lowest BCUT2D eigenvalue weighted by atomic mass is 10.1. The van der Waals surface area contributed by atoms with Crippen LogP contribution in [0.4, 0.5) is 0 Å². The van der Waals surface area contributed by atoms with Crippen molar-refractivity contribution in [3.8, 4) is 0 Å². The van der Waals surface area contributed by atoms with E-state index in [1.165, 1.54) is 9.88 Å². The first-order valence-electron chi connectivity index (χ1n) is 9.56. The van der Waals surface area contributed by atoms with Gasteiger partial charge in [-0.15, -0.1) is 0 Å². The standard InChI is InChI=1S/C20H29N3O3S/c1-14-11-15(2)19(16(3)12-14)27(25,26)23-10-4-5-18(23)20(24)22-13-17-6-8-21-9-7-17/h6,11-12,18,21H,4-5,7-10,13H2,1-3H3,(H,22,24). The van der Waals surface area contributed by atoms with Gasteiger partial charge in [-0.3, -0.25) is 4.79 Å². The Bertz CT molecular complexity index is 838. The summed E-state index contributed by atoms with van der Waals surface area (Å²) in [6.07, 6.45) is 4.27. The second-order valence-electron chi connectivity index (χ2n) is 7.54. The second-order valence-corrected chi connectivity index (χ2v) is 9.36. The van der Waals surface area contributed by atoms with Crippen LogP contribution in [-0.2, 0) is 14.8 Å². The monoisotopic (exact) mass is 391 g/mol. The highest BCUT2D eigenvalue weighted by Gasteiger charge is 2.40. The summed E-state index contributed by atoms with van der Waals surface area (Å²) in [6, 6.07) is 3.14. The molecule has 27 heavy (non-hydrogen) atoms. The van der Waals surface area contributed by atoms with Gasteiger partial charge in [-0.05, 0) is 57.7 Å². The molecule has 0 spiro atoms. The summed E-state index contributed by atoms with van der Waals surface area (Å²) in [5.41, 5.74) is 3.70. The van der Waals surface area contributed by atoms with Crippen molar-refractivity contribution in [1.29, 1.82) is 0 Å². The van der Waals surface area contributed by atoms with Gasteiger partial charge in [0, 0.05) is 19.6 Å². The molecule has 2 N–H and O–H groups in total. The van der Waals surface area contributed by atoms with Gasteiger partial charge in [-0.2, -0.15) is 4.31 Å². The van der Waals surface area contributed by atoms with Gasteiger partial charge in [0.05, 0.1) is 4.90 Å². The minimum Gasteiger partial charge on any atom is -0.351 e. The van der Waals surface area contributed by atoms with Gasteiger partial charge in [-0.25, -0.2) is 8.42 Å². The van der Waals surface area contributed by atoms with Crippen LogP contribution in [0.3, 0.4) is 0 Å². The van der Waals surface area contributed by atoms with Gasteiger partial charge in [-0.1, -0.05) is 29.3 Å². The van der Waals surface area contributed by atoms with Gasteiger partial charge in [0.1, 0.15) is 6.04 Å². The number of carbonyl (C=O) groups is 1. The van der Waals surface area contributed by atoms with Crippen LogP contribution in [0.5, 0.6) is 0 Å². The second kappa shape index (κ2) is 8.12. The van der Waals surface area contributed by atoms with Crippen molar-refractivity contribution < 1.29 is 13.2 Å². The lowest BCUT2D eigenvalue weighted by Gasteiger charge is -2.25. The molecule has 1 aromatic rings. The Hall–Kier alpha value is -1.70. The quantitative estimate of drug-likeness (QED) is 0.751. The van der Waals surface area contributed by atoms with Crippen molar-refractivity contribution in [3.63, 3.8) is 0 Å². The first-order chi connectivity index (χ1) is 12.8. The first-order valence-corrected chi connectivity index (χ1v) is 11.0. The number of aryl methyl sites for hydroxylation is 3. The van der Waals surface area contributed by atoms with E-state index in [2.05, 4.69) is 16.7 Å². The molecule has 2 aliphatic heterocycles. The molecule has 0 aliphatic carbocycles. The third-order valence-electron chi connectivity index (χ3n) is 5.33. The predicted octanol–water partition coefficient (Wildman–Crippen LogP) is 1.80. The van der Waals surface area contributed by atoms with E-state index in [1.54, 1.807) is 0 Å². The normalized spacial score (nSPS) is 21.1. The Morgan fingerprint density at radius 3 is 2.59 bits per heavy atom. The largest absolute Gasteiger partial charge is 0.351 e. The van der Waals surface area contributed by atoms with Crippen LogP contribution in [0, 0.1) is 20.8 Å². The minimum atomic E-state index is -3.71. The van der Waals surface area contributed by atoms with Crippen LogP contribution in [-0.4, -0.2) is 50.9 Å². The summed E-state index contributed by atoms with van der Waals surface area (Å²) in [5, 5.41) is 6.19. The fourth-order valence-corrected chi connectivity index (χ4v) is 6.20. The number of carbonyl (C=O) groups excluding carboxylic acids is 1. The number of hydrogen-bond acceptors (Lipinski definition) is 4. The SMILES string of the molecule is Cc1cc(C)c(S(=O)(=O)N2CCCC2C(=O)NCC2=CCNCC2)c(C)c1. The zero-order valence-electron chi connectivity index (χ0n) is 16.3. The lowest BCUT2D eigenvalue weighted by Crippen LogP contribution is -2.46. The molecule has 2 heterocycles. The van der Waals surface area contributed by atoms with Crippen LogP contribution in [0.2, 0.25) is 0 Å². The summed E-state index contributed by atoms with van der Waals surface area (Å²) >= 11 is 0. The molecule has 1 amide bonds. The number of sulfonamides is 1. The zero-order valence-corrected chi connectivity index (χ0v) is 17.2. The molecular formula is C20H29N3O3S. The molecule has 6 nitrogen and oxygen atoms in total. The number of nitrogens with zero attached hydrogens (tertiary/aromatic N) is 1. The molecular weight excluding hydrogens is 362 g/mol. The molecule has 1 unspecified atom stereocenters. The van der Waals surface area contributed by atoms with E-state index in [-0.39, 0.29) is 5.91 Å². The van der Waals surface area contributed by atoms with E-state index in [0.717, 1.165) is 36.2 Å². The van der Waals surface area contributed by atoms with Gasteiger partial charge < -0.3 is 10.6 Å². The van der Waals surface area contributed by atoms with Crippen molar-refractivity contribution in [3.05, 3.63) is 40.5 Å². The molecule has 1 atom stereocenters. The highest BCUT2D eigenvalue weighted by Crippen LogP contribution is 2.30. The van der Waals surface area contributed by atoms with Crippen molar-refractivity contribution in [1.82, 2.24) is 14.9 Å². The van der Waals surface area contributed by atoms with E-state index >= 15 is 0 Å². The fraction of sp³-hybridized carbons (Fsp3) is 0.550. The predicted molar refractivity (Wildman–Crippen MR) is 106 cm³/mol. The van der Waals surface area contributed by atoms with Crippen LogP contribution in [0.1, 0.15) is 36.0 Å². The number of rotatable bonds is 5. The number of nitrogens with one attached hydrogen (secondary N) is 2. The Morgan fingerprint density at radius 2 is 1.96 bits per heavy atom. The molecule has 1 aromatic carbocycles. The van der Waals surface area contributed by atoms with Gasteiger partial charge >= 0.3 is 0 Å². The average Bonchev–Trinajstić information content (AvgIpc) is 3.10. The van der Waals surface area contributed by atoms with Crippen LogP contribution >= 0.6 is 0 Å². The number of benzene rings is 1. The summed E-state index contributed by atoms with van der Waals surface area (Å²) < 4.78 is 28.1. The van der Waals surface area contributed by atoms with Gasteiger partial charge in [0.2, 0.25) is 15.9 Å². The van der Waals surface area contributed by atoms with Crippen LogP contribution < -0.4 is 10.6 Å². The van der Waals surface area contributed by atoms with E-state index in [0.29, 0.717) is 30.8 Å². The molecule has 1 saturated heterocycles.